The second kappa shape index (κ2) is 27.4. The molecule has 554 valence electrons. The SMILES string of the molecule is CC(=O)OC1C[C@H]2[C@@H]3OC4=C(C=C3C=C[C@]2(C)[C@H]1c1ccc2ccncc2c1)C(=O)CC(C(N)=O)C4.CC(=O)OC1C[C@H]2[C@@H]3OC4=C(C=C3C=C[C@]2(C)[C@H]1c1ccc2cnccc2c1)C(=O)CC(C(N)=O)C4.CC(=O)OC1C[C@H]2[C@@H]3OC4=C(C=C3CC[C@]2(C)[C@H]1c1ccc2ccncc2c1)C(=O)CC(C(N)=O)C4. The van der Waals surface area contributed by atoms with Gasteiger partial charge in [0.1, 0.15) is 53.9 Å². The lowest BCUT2D eigenvalue weighted by molar-refractivity contribution is -0.148. The van der Waals surface area contributed by atoms with Crippen LogP contribution in [0.4, 0.5) is 0 Å². The third-order valence-electron chi connectivity index (χ3n) is 25.8. The molecule has 18 rings (SSSR count). The number of esters is 3. The van der Waals surface area contributed by atoms with Crippen LogP contribution in [0.15, 0.2) is 203 Å². The van der Waals surface area contributed by atoms with Crippen LogP contribution in [0.1, 0.15) is 147 Å². The molecule has 0 spiro atoms. The summed E-state index contributed by atoms with van der Waals surface area (Å²) < 4.78 is 37.4. The lowest BCUT2D eigenvalue weighted by Crippen LogP contribution is -2.44. The molecule has 6 N–H and O–H groups in total. The van der Waals surface area contributed by atoms with E-state index in [1.807, 2.05) is 67.2 Å². The van der Waals surface area contributed by atoms with Gasteiger partial charge in [-0.2, -0.15) is 0 Å². The van der Waals surface area contributed by atoms with Gasteiger partial charge in [0.05, 0.1) is 34.5 Å². The van der Waals surface area contributed by atoms with Crippen molar-refractivity contribution in [1.82, 2.24) is 15.0 Å². The van der Waals surface area contributed by atoms with Gasteiger partial charge in [0, 0.05) is 159 Å². The number of ketones is 3. The highest BCUT2D eigenvalue weighted by molar-refractivity contribution is 6.04. The minimum absolute atomic E-state index is 0.00267. The van der Waals surface area contributed by atoms with Gasteiger partial charge >= 0.3 is 17.9 Å². The van der Waals surface area contributed by atoms with Crippen molar-refractivity contribution in [3.05, 3.63) is 220 Å². The van der Waals surface area contributed by atoms with Crippen LogP contribution in [0, 0.1) is 51.8 Å². The number of nitrogens with two attached hydrogens (primary N) is 3. The molecular weight excluding hydrogens is 1370 g/mol. The molecule has 3 aromatic carbocycles. The average Bonchev–Trinajstić information content (AvgIpc) is 1.56. The number of carbonyl (C=O) groups excluding carboxylic acids is 9. The van der Waals surface area contributed by atoms with Crippen molar-refractivity contribution >= 4 is 85.3 Å². The molecule has 18 atom stereocenters. The number of pyridine rings is 3. The Morgan fingerprint density at radius 2 is 0.806 bits per heavy atom. The van der Waals surface area contributed by atoms with Gasteiger partial charge in [0.25, 0.3) is 0 Å². The summed E-state index contributed by atoms with van der Waals surface area (Å²) in [4.78, 5) is 123. The Bertz CT molecular complexity index is 4960. The van der Waals surface area contributed by atoms with Crippen LogP contribution >= 0.6 is 0 Å². The van der Waals surface area contributed by atoms with Crippen LogP contribution in [0.2, 0.25) is 0 Å². The first-order valence-corrected chi connectivity index (χ1v) is 37.4. The van der Waals surface area contributed by atoms with Crippen LogP contribution in [0.3, 0.4) is 0 Å². The fraction of sp³-hybridized carbons (Fsp3) is 0.402. The quantitative estimate of drug-likeness (QED) is 0.0894. The molecule has 21 heteroatoms. The summed E-state index contributed by atoms with van der Waals surface area (Å²) in [5.41, 5.74) is 23.7. The normalized spacial score (nSPS) is 32.9. The van der Waals surface area contributed by atoms with Gasteiger partial charge in [-0.25, -0.2) is 0 Å². The van der Waals surface area contributed by atoms with E-state index >= 15 is 0 Å². The number of rotatable bonds is 9. The zero-order chi connectivity index (χ0) is 75.6. The molecule has 3 amide bonds. The molecule has 12 aliphatic rings. The minimum atomic E-state index is -0.548. The predicted molar refractivity (Wildman–Crippen MR) is 397 cm³/mol. The van der Waals surface area contributed by atoms with E-state index in [1.165, 1.54) is 20.8 Å². The number of nitrogens with zero attached hydrogens (tertiary/aromatic N) is 3. The maximum Gasteiger partial charge on any atom is 0.302 e. The predicted octanol–water partition coefficient (Wildman–Crippen LogP) is 11.9. The fourth-order valence-corrected chi connectivity index (χ4v) is 20.6. The van der Waals surface area contributed by atoms with Crippen LogP contribution in [-0.2, 0) is 71.6 Å². The Balaban J connectivity index is 0.000000124. The molecule has 3 aliphatic heterocycles. The molecule has 108 heavy (non-hydrogen) atoms. The maximum absolute atomic E-state index is 12.8. The first-order valence-electron chi connectivity index (χ1n) is 37.4. The smallest absolute Gasteiger partial charge is 0.302 e. The third kappa shape index (κ3) is 12.5. The van der Waals surface area contributed by atoms with Crippen molar-refractivity contribution in [3.63, 3.8) is 0 Å². The number of primary amides is 3. The zero-order valence-electron chi connectivity index (χ0n) is 61.1. The van der Waals surface area contributed by atoms with Crippen molar-refractivity contribution in [3.8, 4) is 0 Å². The fourth-order valence-electron chi connectivity index (χ4n) is 20.6. The van der Waals surface area contributed by atoms with Gasteiger partial charge < -0.3 is 45.6 Å². The van der Waals surface area contributed by atoms with Gasteiger partial charge in [-0.3, -0.25) is 58.1 Å². The Hall–Kier alpha value is -11.0. The number of benzene rings is 3. The van der Waals surface area contributed by atoms with Crippen molar-refractivity contribution < 1.29 is 71.6 Å². The Kier molecular flexibility index (Phi) is 18.1. The first kappa shape index (κ1) is 71.3. The largest absolute Gasteiger partial charge is 0.489 e. The molecule has 3 aromatic heterocycles. The summed E-state index contributed by atoms with van der Waals surface area (Å²) in [7, 11) is 0. The molecule has 21 nitrogen and oxygen atoms in total. The molecular formula is C87H86N6O15. The molecule has 6 aromatic rings. The maximum atomic E-state index is 12.8. The average molecular weight is 1460 g/mol. The summed E-state index contributed by atoms with van der Waals surface area (Å²) >= 11 is 0. The number of aromatic nitrogens is 3. The van der Waals surface area contributed by atoms with Gasteiger partial charge in [-0.05, 0) is 136 Å². The van der Waals surface area contributed by atoms with E-state index in [-0.39, 0.29) is 143 Å². The van der Waals surface area contributed by atoms with E-state index in [9.17, 15) is 43.2 Å². The molecule has 4 fully saturated rings. The van der Waals surface area contributed by atoms with Crippen LogP contribution in [0.5, 0.6) is 0 Å². The van der Waals surface area contributed by atoms with Crippen LogP contribution in [-0.4, -0.2) is 105 Å². The molecule has 9 aliphatic carbocycles. The summed E-state index contributed by atoms with van der Waals surface area (Å²) in [6.45, 7) is 11.0. The van der Waals surface area contributed by atoms with E-state index in [1.54, 1.807) is 18.6 Å². The van der Waals surface area contributed by atoms with Crippen molar-refractivity contribution in [2.24, 2.45) is 69.0 Å². The Morgan fingerprint density at radius 1 is 0.435 bits per heavy atom. The van der Waals surface area contributed by atoms with Gasteiger partial charge in [0.2, 0.25) is 17.7 Å². The van der Waals surface area contributed by atoms with E-state index in [0.717, 1.165) is 78.6 Å². The zero-order valence-corrected chi connectivity index (χ0v) is 61.1. The molecule has 0 bridgehead atoms. The molecule has 0 radical (unpaired) electrons. The van der Waals surface area contributed by atoms with E-state index < -0.39 is 35.5 Å². The summed E-state index contributed by atoms with van der Waals surface area (Å²) in [5.74, 6) is -2.65. The number of hydrogen-bond acceptors (Lipinski definition) is 18. The minimum Gasteiger partial charge on any atom is -0.489 e. The lowest BCUT2D eigenvalue weighted by Gasteiger charge is -2.48. The van der Waals surface area contributed by atoms with Crippen molar-refractivity contribution in [2.75, 3.05) is 0 Å². The highest BCUT2D eigenvalue weighted by Gasteiger charge is 2.63. The number of carbonyl (C=O) groups is 9. The number of Topliss-reactive ketones (excluding diaryl/α,β-unsaturated/α-hetero) is 3. The topological polar surface area (TPSA) is 326 Å². The summed E-state index contributed by atoms with van der Waals surface area (Å²) in [6, 6.07) is 25.0. The van der Waals surface area contributed by atoms with Crippen molar-refractivity contribution in [2.45, 2.75) is 167 Å². The molecule has 6 unspecified atom stereocenters. The van der Waals surface area contributed by atoms with Gasteiger partial charge in [-0.1, -0.05) is 87.5 Å². The lowest BCUT2D eigenvalue weighted by atomic mass is 9.61. The molecule has 4 saturated carbocycles. The van der Waals surface area contributed by atoms with Gasteiger partial charge in [-0.15, -0.1) is 0 Å². The molecule has 0 saturated heterocycles. The van der Waals surface area contributed by atoms with E-state index in [4.69, 9.17) is 45.6 Å². The van der Waals surface area contributed by atoms with Gasteiger partial charge in [0.15, 0.2) is 17.3 Å². The van der Waals surface area contributed by atoms with E-state index in [2.05, 4.69) is 102 Å². The monoisotopic (exact) mass is 1450 g/mol. The number of amides is 3. The van der Waals surface area contributed by atoms with Crippen molar-refractivity contribution in [1.29, 1.82) is 0 Å². The number of allylic oxidation sites excluding steroid dienone is 11. The van der Waals surface area contributed by atoms with Crippen LogP contribution in [0.25, 0.3) is 32.3 Å². The Labute approximate surface area is 624 Å². The Morgan fingerprint density at radius 3 is 1.24 bits per heavy atom. The van der Waals surface area contributed by atoms with Crippen LogP contribution < -0.4 is 17.2 Å². The number of hydrogen-bond donors (Lipinski definition) is 3. The first-order chi connectivity index (χ1) is 51.7. The standard InChI is InChI=1S/C29H28N2O5.C29H30N2O5.C29H28N2O5/c1-15(32)35-25-13-22-27-18(10-21-23(33)11-20(28(30)34)12-24(21)36-27)5-7-29(22,2)26(25)17-3-4-19-14-31-8-6-16(19)9-17;2*1-15(32)35-25-13-22-27-18(10-21-23(33)11-19(28(30)34)12-24(21)36-27)5-7-29(22,2)26(25)17-4-3-16-6-8-31-14-20(16)9-17/h3-10,14,20,22,25-27H,11-13H2,1-2H3,(H2,30,34);3-4,6,8-10,14,19,22,25-27H,5,7,11-13H2,1-2H3,(H2,30,34);3-10,14,19,22,25-27H,11-13H2,1-2H3,(H2,30,34)/t20?,22-,25?,26-,27+,29-;2*19?,22-,25?,26-,27+,29-/m000/s1. The number of fused-ring (bicyclic) bond motifs is 12. The summed E-state index contributed by atoms with van der Waals surface area (Å²) in [6.07, 6.45) is 28.4. The third-order valence-corrected chi connectivity index (χ3v) is 25.8. The number of ether oxygens (including phenoxy) is 6. The summed E-state index contributed by atoms with van der Waals surface area (Å²) in [5, 5.41) is 6.44. The second-order valence-corrected chi connectivity index (χ2v) is 32.2. The molecule has 6 heterocycles. The second-order valence-electron chi connectivity index (χ2n) is 32.2. The highest BCUT2D eigenvalue weighted by atomic mass is 16.6. The van der Waals surface area contributed by atoms with E-state index in [0.29, 0.717) is 72.5 Å². The highest BCUT2D eigenvalue weighted by Crippen LogP contribution is 2.65.